The van der Waals surface area contributed by atoms with Crippen LogP contribution < -0.4 is 10.1 Å². The minimum atomic E-state index is -0.469. The summed E-state index contributed by atoms with van der Waals surface area (Å²) in [7, 11) is 0. The van der Waals surface area contributed by atoms with Crippen LogP contribution in [0.4, 0.5) is 5.69 Å². The fourth-order valence-corrected chi connectivity index (χ4v) is 2.66. The van der Waals surface area contributed by atoms with E-state index in [1.165, 1.54) is 22.9 Å². The molecule has 3 aromatic rings. The molecule has 0 aliphatic heterocycles. The van der Waals surface area contributed by atoms with Gasteiger partial charge in [0.1, 0.15) is 11.5 Å². The number of anilines is 1. The van der Waals surface area contributed by atoms with Gasteiger partial charge in [-0.25, -0.2) is 4.68 Å². The average Bonchev–Trinajstić information content (AvgIpc) is 3.06. The number of amides is 1. The third-order valence-corrected chi connectivity index (χ3v) is 4.04. The fourth-order valence-electron chi connectivity index (χ4n) is 2.26. The van der Waals surface area contributed by atoms with E-state index >= 15 is 0 Å². The zero-order valence-corrected chi connectivity index (χ0v) is 15.3. The third kappa shape index (κ3) is 4.28. The predicted octanol–water partition coefficient (Wildman–Crippen LogP) is 4.49. The number of aryl methyl sites for hydroxylation is 1. The van der Waals surface area contributed by atoms with Crippen molar-refractivity contribution >= 4 is 34.8 Å². The second kappa shape index (κ2) is 7.68. The van der Waals surface area contributed by atoms with E-state index in [0.29, 0.717) is 15.8 Å². The molecule has 1 amide bonds. The van der Waals surface area contributed by atoms with Crippen molar-refractivity contribution in [3.8, 4) is 11.5 Å². The minimum absolute atomic E-state index is 0.0799. The summed E-state index contributed by atoms with van der Waals surface area (Å²) in [6, 6.07) is 11.2. The summed E-state index contributed by atoms with van der Waals surface area (Å²) in [5.74, 6) is 0.132. The summed E-state index contributed by atoms with van der Waals surface area (Å²) in [5.41, 5.74) is 1.30. The van der Waals surface area contributed by atoms with Crippen LogP contribution in [-0.2, 0) is 6.73 Å². The van der Waals surface area contributed by atoms with Crippen LogP contribution in [0.5, 0.6) is 11.5 Å². The molecule has 1 heterocycles. The van der Waals surface area contributed by atoms with Crippen molar-refractivity contribution in [3.05, 3.63) is 70.0 Å². The number of carbonyl (C=O) groups is 1. The van der Waals surface area contributed by atoms with Crippen LogP contribution >= 0.6 is 23.2 Å². The highest BCUT2D eigenvalue weighted by atomic mass is 35.5. The summed E-state index contributed by atoms with van der Waals surface area (Å²) >= 11 is 11.8. The molecule has 0 atom stereocenters. The van der Waals surface area contributed by atoms with Crippen molar-refractivity contribution in [2.24, 2.45) is 0 Å². The highest BCUT2D eigenvalue weighted by Gasteiger charge is 2.13. The van der Waals surface area contributed by atoms with Crippen LogP contribution in [-0.4, -0.2) is 20.8 Å². The van der Waals surface area contributed by atoms with Crippen LogP contribution in [0.15, 0.2) is 48.7 Å². The lowest BCUT2D eigenvalue weighted by atomic mass is 10.2. The van der Waals surface area contributed by atoms with Gasteiger partial charge in [-0.15, -0.1) is 0 Å². The third-order valence-electron chi connectivity index (χ3n) is 3.57. The number of phenols is 1. The number of ether oxygens (including phenoxy) is 1. The topological polar surface area (TPSA) is 76.4 Å². The Morgan fingerprint density at radius 2 is 1.92 bits per heavy atom. The molecule has 6 nitrogen and oxygen atoms in total. The van der Waals surface area contributed by atoms with Crippen LogP contribution in [0.1, 0.15) is 16.1 Å². The Morgan fingerprint density at radius 1 is 1.19 bits per heavy atom. The molecule has 0 spiro atoms. The van der Waals surface area contributed by atoms with E-state index < -0.39 is 5.91 Å². The first-order valence-corrected chi connectivity index (χ1v) is 8.40. The van der Waals surface area contributed by atoms with Crippen LogP contribution in [0.25, 0.3) is 0 Å². The molecule has 3 rings (SSSR count). The van der Waals surface area contributed by atoms with E-state index in [4.69, 9.17) is 27.9 Å². The molecule has 0 unspecified atom stereocenters. The summed E-state index contributed by atoms with van der Waals surface area (Å²) in [6.07, 6.45) is 1.62. The highest BCUT2D eigenvalue weighted by molar-refractivity contribution is 6.31. The average molecular weight is 392 g/mol. The number of carbonyl (C=O) groups excluding carboxylic acids is 1. The van der Waals surface area contributed by atoms with E-state index in [-0.39, 0.29) is 23.9 Å². The maximum Gasteiger partial charge on any atom is 0.276 e. The Labute approximate surface area is 159 Å². The van der Waals surface area contributed by atoms with Crippen molar-refractivity contribution in [2.45, 2.75) is 13.7 Å². The number of nitrogens with one attached hydrogen (secondary N) is 1. The lowest BCUT2D eigenvalue weighted by Gasteiger charge is -2.09. The molecule has 2 aromatic carbocycles. The summed E-state index contributed by atoms with van der Waals surface area (Å²) in [5, 5.41) is 17.5. The Morgan fingerprint density at radius 3 is 2.69 bits per heavy atom. The maximum atomic E-state index is 12.3. The SMILES string of the molecule is Cc1cc(Cl)ccc1OCn1ccc(C(=O)Nc2cc(Cl)ccc2O)n1. The van der Waals surface area contributed by atoms with Gasteiger partial charge in [0.2, 0.25) is 0 Å². The lowest BCUT2D eigenvalue weighted by Crippen LogP contribution is -2.14. The van der Waals surface area contributed by atoms with Gasteiger partial charge in [0, 0.05) is 16.2 Å². The van der Waals surface area contributed by atoms with Gasteiger partial charge in [-0.1, -0.05) is 23.2 Å². The minimum Gasteiger partial charge on any atom is -0.506 e. The highest BCUT2D eigenvalue weighted by Crippen LogP contribution is 2.27. The summed E-state index contributed by atoms with van der Waals surface area (Å²) in [6.45, 7) is 2.03. The number of hydrogen-bond donors (Lipinski definition) is 2. The Hall–Kier alpha value is -2.70. The quantitative estimate of drug-likeness (QED) is 0.628. The van der Waals surface area contributed by atoms with E-state index in [1.54, 1.807) is 30.5 Å². The molecule has 0 fully saturated rings. The number of nitrogens with zero attached hydrogens (tertiary/aromatic N) is 2. The summed E-state index contributed by atoms with van der Waals surface area (Å²) in [4.78, 5) is 12.3. The molecule has 26 heavy (non-hydrogen) atoms. The number of hydrogen-bond acceptors (Lipinski definition) is 4. The molecule has 0 aliphatic rings. The second-order valence-electron chi connectivity index (χ2n) is 5.54. The van der Waals surface area contributed by atoms with Gasteiger partial charge in [0.15, 0.2) is 12.4 Å². The molecule has 2 N–H and O–H groups in total. The first kappa shape index (κ1) is 18.1. The Balaban J connectivity index is 1.65. The van der Waals surface area contributed by atoms with Gasteiger partial charge in [-0.3, -0.25) is 4.79 Å². The summed E-state index contributed by atoms with van der Waals surface area (Å²) < 4.78 is 7.16. The zero-order chi connectivity index (χ0) is 18.7. The van der Waals surface area contributed by atoms with Gasteiger partial charge in [-0.05, 0) is 55.0 Å². The standard InChI is InChI=1S/C18H15Cl2N3O3/c1-11-8-12(19)3-5-17(11)26-10-23-7-6-14(22-23)18(25)21-15-9-13(20)2-4-16(15)24/h2-9,24H,10H2,1H3,(H,21,25). The van der Waals surface area contributed by atoms with E-state index in [1.807, 2.05) is 6.92 Å². The van der Waals surface area contributed by atoms with E-state index in [9.17, 15) is 9.90 Å². The smallest absolute Gasteiger partial charge is 0.276 e. The van der Waals surface area contributed by atoms with Crippen molar-refractivity contribution < 1.29 is 14.6 Å². The number of aromatic nitrogens is 2. The van der Waals surface area contributed by atoms with Gasteiger partial charge in [0.05, 0.1) is 5.69 Å². The molecular weight excluding hydrogens is 377 g/mol. The molecule has 0 bridgehead atoms. The van der Waals surface area contributed by atoms with E-state index in [2.05, 4.69) is 10.4 Å². The van der Waals surface area contributed by atoms with Crippen LogP contribution in [0, 0.1) is 6.92 Å². The van der Waals surface area contributed by atoms with Gasteiger partial charge in [0.25, 0.3) is 5.91 Å². The molecule has 1 aromatic heterocycles. The molecular formula is C18H15Cl2N3O3. The lowest BCUT2D eigenvalue weighted by molar-refractivity contribution is 0.102. The molecule has 0 aliphatic carbocycles. The Bertz CT molecular complexity index is 957. The van der Waals surface area contributed by atoms with Crippen molar-refractivity contribution in [1.29, 1.82) is 0 Å². The van der Waals surface area contributed by atoms with Crippen molar-refractivity contribution in [2.75, 3.05) is 5.32 Å². The number of benzene rings is 2. The number of phenolic OH excluding ortho intramolecular Hbond substituents is 1. The fraction of sp³-hybridized carbons (Fsp3) is 0.111. The van der Waals surface area contributed by atoms with Crippen molar-refractivity contribution in [1.82, 2.24) is 9.78 Å². The zero-order valence-electron chi connectivity index (χ0n) is 13.7. The number of rotatable bonds is 5. The van der Waals surface area contributed by atoms with Crippen LogP contribution in [0.2, 0.25) is 10.0 Å². The van der Waals surface area contributed by atoms with Gasteiger partial charge >= 0.3 is 0 Å². The molecule has 0 saturated heterocycles. The first-order valence-electron chi connectivity index (χ1n) is 7.64. The van der Waals surface area contributed by atoms with E-state index in [0.717, 1.165) is 5.56 Å². The second-order valence-corrected chi connectivity index (χ2v) is 6.41. The molecule has 0 saturated carbocycles. The van der Waals surface area contributed by atoms with Gasteiger partial charge in [-0.2, -0.15) is 5.10 Å². The maximum absolute atomic E-state index is 12.3. The van der Waals surface area contributed by atoms with Crippen molar-refractivity contribution in [3.63, 3.8) is 0 Å². The number of halogens is 2. The van der Waals surface area contributed by atoms with Crippen LogP contribution in [0.3, 0.4) is 0 Å². The Kier molecular flexibility index (Phi) is 5.35. The van der Waals surface area contributed by atoms with Gasteiger partial charge < -0.3 is 15.2 Å². The molecule has 0 radical (unpaired) electrons. The molecule has 134 valence electrons. The monoisotopic (exact) mass is 391 g/mol. The predicted molar refractivity (Wildman–Crippen MR) is 100 cm³/mol. The normalized spacial score (nSPS) is 10.6. The largest absolute Gasteiger partial charge is 0.506 e. The molecule has 8 heteroatoms. The number of aromatic hydroxyl groups is 1. The first-order chi connectivity index (χ1) is 12.4.